The van der Waals surface area contributed by atoms with Crippen LogP contribution in [0.3, 0.4) is 0 Å². The van der Waals surface area contributed by atoms with Crippen LogP contribution >= 0.6 is 0 Å². The summed E-state index contributed by atoms with van der Waals surface area (Å²) >= 11 is 0. The number of ether oxygens (including phenoxy) is 2. The standard InChI is InChI=1S/C24H30N2O6S/c1-16-8-13-21(33(29,30)26-14-6-5-7-17(26)2)15-22(16)24(28)32-18(3)23(27)25-19-9-11-20(31-4)12-10-19/h8-13,15,17-18H,5-7,14H2,1-4H3,(H,25,27). The lowest BCUT2D eigenvalue weighted by molar-refractivity contribution is -0.123. The van der Waals surface area contributed by atoms with Crippen LogP contribution in [0.25, 0.3) is 0 Å². The van der Waals surface area contributed by atoms with E-state index < -0.39 is 28.0 Å². The fourth-order valence-electron chi connectivity index (χ4n) is 3.74. The van der Waals surface area contributed by atoms with E-state index in [2.05, 4.69) is 5.32 Å². The molecule has 1 aliphatic heterocycles. The molecular weight excluding hydrogens is 444 g/mol. The Bertz CT molecular complexity index is 1110. The second-order valence-electron chi connectivity index (χ2n) is 8.20. The third-order valence-corrected chi connectivity index (χ3v) is 7.80. The van der Waals surface area contributed by atoms with Crippen molar-refractivity contribution in [3.63, 3.8) is 0 Å². The predicted octanol–water partition coefficient (Wildman–Crippen LogP) is 3.75. The smallest absolute Gasteiger partial charge is 0.339 e. The zero-order valence-electron chi connectivity index (χ0n) is 19.3. The predicted molar refractivity (Wildman–Crippen MR) is 125 cm³/mol. The molecule has 1 amide bonds. The lowest BCUT2D eigenvalue weighted by Gasteiger charge is -2.32. The third-order valence-electron chi connectivity index (χ3n) is 5.79. The number of methoxy groups -OCH3 is 1. The molecule has 0 bridgehead atoms. The number of hydrogen-bond donors (Lipinski definition) is 1. The number of nitrogens with zero attached hydrogens (tertiary/aromatic N) is 1. The zero-order chi connectivity index (χ0) is 24.2. The average Bonchev–Trinajstić information content (AvgIpc) is 2.79. The zero-order valence-corrected chi connectivity index (χ0v) is 20.1. The summed E-state index contributed by atoms with van der Waals surface area (Å²) in [6, 6.07) is 11.1. The largest absolute Gasteiger partial charge is 0.497 e. The molecular formula is C24H30N2O6S. The average molecular weight is 475 g/mol. The summed E-state index contributed by atoms with van der Waals surface area (Å²) in [7, 11) is -2.19. The van der Waals surface area contributed by atoms with Gasteiger partial charge in [-0.2, -0.15) is 4.31 Å². The molecule has 9 heteroatoms. The van der Waals surface area contributed by atoms with Crippen LogP contribution in [-0.4, -0.2) is 50.4 Å². The molecule has 33 heavy (non-hydrogen) atoms. The van der Waals surface area contributed by atoms with Gasteiger partial charge < -0.3 is 14.8 Å². The highest BCUT2D eigenvalue weighted by Gasteiger charge is 2.32. The fourth-order valence-corrected chi connectivity index (χ4v) is 5.47. The van der Waals surface area contributed by atoms with E-state index in [1.54, 1.807) is 44.4 Å². The molecule has 2 atom stereocenters. The quantitative estimate of drug-likeness (QED) is 0.613. The number of piperidine rings is 1. The highest BCUT2D eigenvalue weighted by molar-refractivity contribution is 7.89. The van der Waals surface area contributed by atoms with Crippen molar-refractivity contribution in [1.29, 1.82) is 0 Å². The van der Waals surface area contributed by atoms with E-state index in [0.717, 1.165) is 19.3 Å². The van der Waals surface area contributed by atoms with Gasteiger partial charge in [0.05, 0.1) is 17.6 Å². The van der Waals surface area contributed by atoms with Gasteiger partial charge in [0.15, 0.2) is 6.10 Å². The van der Waals surface area contributed by atoms with Crippen LogP contribution < -0.4 is 10.1 Å². The number of anilines is 1. The normalized spacial score (nSPS) is 17.8. The molecule has 0 spiro atoms. The summed E-state index contributed by atoms with van der Waals surface area (Å²) in [4.78, 5) is 25.3. The summed E-state index contributed by atoms with van der Waals surface area (Å²) in [6.45, 7) is 5.50. The van der Waals surface area contributed by atoms with Gasteiger partial charge in [0, 0.05) is 18.3 Å². The van der Waals surface area contributed by atoms with Crippen LogP contribution in [0.15, 0.2) is 47.4 Å². The van der Waals surface area contributed by atoms with Crippen LogP contribution in [0, 0.1) is 6.92 Å². The van der Waals surface area contributed by atoms with E-state index in [1.165, 1.54) is 23.4 Å². The van der Waals surface area contributed by atoms with Gasteiger partial charge in [0.2, 0.25) is 10.0 Å². The van der Waals surface area contributed by atoms with Crippen molar-refractivity contribution < 1.29 is 27.5 Å². The van der Waals surface area contributed by atoms with Crippen LogP contribution in [0.1, 0.15) is 49.0 Å². The van der Waals surface area contributed by atoms with Gasteiger partial charge in [-0.1, -0.05) is 12.5 Å². The Kier molecular flexibility index (Phi) is 7.76. The van der Waals surface area contributed by atoms with Gasteiger partial charge in [-0.25, -0.2) is 13.2 Å². The van der Waals surface area contributed by atoms with Crippen LogP contribution in [-0.2, 0) is 19.6 Å². The number of aryl methyl sites for hydroxylation is 1. The number of sulfonamides is 1. The highest BCUT2D eigenvalue weighted by atomic mass is 32.2. The Morgan fingerprint density at radius 2 is 1.82 bits per heavy atom. The SMILES string of the molecule is COc1ccc(NC(=O)C(C)OC(=O)c2cc(S(=O)(=O)N3CCCCC3C)ccc2C)cc1. The second-order valence-corrected chi connectivity index (χ2v) is 10.1. The number of rotatable bonds is 7. The minimum atomic E-state index is -3.74. The fraction of sp³-hybridized carbons (Fsp3) is 0.417. The molecule has 2 unspecified atom stereocenters. The van der Waals surface area contributed by atoms with E-state index in [1.807, 2.05) is 6.92 Å². The molecule has 2 aromatic carbocycles. The van der Waals surface area contributed by atoms with Crippen molar-refractivity contribution in [2.75, 3.05) is 19.0 Å². The van der Waals surface area contributed by atoms with Crippen LogP contribution in [0.2, 0.25) is 0 Å². The number of hydrogen-bond acceptors (Lipinski definition) is 6. The van der Waals surface area contributed by atoms with Gasteiger partial charge >= 0.3 is 5.97 Å². The van der Waals surface area contributed by atoms with E-state index in [-0.39, 0.29) is 16.5 Å². The Hall–Kier alpha value is -2.91. The summed E-state index contributed by atoms with van der Waals surface area (Å²) in [5, 5.41) is 2.67. The van der Waals surface area contributed by atoms with E-state index in [9.17, 15) is 18.0 Å². The van der Waals surface area contributed by atoms with Crippen molar-refractivity contribution in [3.05, 3.63) is 53.6 Å². The molecule has 2 aromatic rings. The molecule has 1 N–H and O–H groups in total. The molecule has 1 aliphatic rings. The first-order valence-electron chi connectivity index (χ1n) is 10.9. The summed E-state index contributed by atoms with van der Waals surface area (Å²) < 4.78 is 38.2. The second kappa shape index (κ2) is 10.4. The number of benzene rings is 2. The lowest BCUT2D eigenvalue weighted by atomic mass is 10.1. The van der Waals surface area contributed by atoms with Crippen molar-refractivity contribution in [1.82, 2.24) is 4.31 Å². The molecule has 3 rings (SSSR count). The van der Waals surface area contributed by atoms with Crippen molar-refractivity contribution in [2.24, 2.45) is 0 Å². The Balaban J connectivity index is 1.73. The van der Waals surface area contributed by atoms with Crippen LogP contribution in [0.5, 0.6) is 5.75 Å². The molecule has 0 aromatic heterocycles. The topological polar surface area (TPSA) is 102 Å². The monoisotopic (exact) mass is 474 g/mol. The first-order chi connectivity index (χ1) is 15.6. The lowest BCUT2D eigenvalue weighted by Crippen LogP contribution is -2.42. The Morgan fingerprint density at radius 3 is 2.45 bits per heavy atom. The molecule has 0 saturated carbocycles. The number of carbonyl (C=O) groups is 2. The molecule has 8 nitrogen and oxygen atoms in total. The Labute approximate surface area is 194 Å². The van der Waals surface area contributed by atoms with Gasteiger partial charge in [0.25, 0.3) is 5.91 Å². The first kappa shape index (κ1) is 24.7. The maximum Gasteiger partial charge on any atom is 0.339 e. The molecule has 1 heterocycles. The van der Waals surface area contributed by atoms with Gasteiger partial charge in [-0.3, -0.25) is 4.79 Å². The van der Waals surface area contributed by atoms with E-state index in [4.69, 9.17) is 9.47 Å². The third kappa shape index (κ3) is 5.72. The van der Waals surface area contributed by atoms with Crippen molar-refractivity contribution in [3.8, 4) is 5.75 Å². The summed E-state index contributed by atoms with van der Waals surface area (Å²) in [5.41, 5.74) is 1.21. The minimum absolute atomic E-state index is 0.0455. The maximum absolute atomic E-state index is 13.2. The van der Waals surface area contributed by atoms with Gasteiger partial charge in [-0.05, 0) is 75.6 Å². The Morgan fingerprint density at radius 1 is 1.12 bits per heavy atom. The molecule has 178 valence electrons. The van der Waals surface area contributed by atoms with Gasteiger partial charge in [-0.15, -0.1) is 0 Å². The number of carbonyl (C=O) groups excluding carboxylic acids is 2. The molecule has 1 fully saturated rings. The van der Waals surface area contributed by atoms with Crippen molar-refractivity contribution >= 4 is 27.6 Å². The summed E-state index contributed by atoms with van der Waals surface area (Å²) in [5.74, 6) is -0.609. The maximum atomic E-state index is 13.2. The van der Waals surface area contributed by atoms with E-state index >= 15 is 0 Å². The van der Waals surface area contributed by atoms with E-state index in [0.29, 0.717) is 23.5 Å². The highest BCUT2D eigenvalue weighted by Crippen LogP contribution is 2.27. The van der Waals surface area contributed by atoms with Crippen LogP contribution in [0.4, 0.5) is 5.69 Å². The van der Waals surface area contributed by atoms with Gasteiger partial charge in [0.1, 0.15) is 5.75 Å². The number of nitrogens with one attached hydrogen (secondary N) is 1. The number of esters is 1. The molecule has 0 aliphatic carbocycles. The summed E-state index contributed by atoms with van der Waals surface area (Å²) in [6.07, 6.45) is 1.53. The van der Waals surface area contributed by atoms with Crippen molar-refractivity contribution in [2.45, 2.75) is 57.1 Å². The molecule has 1 saturated heterocycles. The first-order valence-corrected chi connectivity index (χ1v) is 12.4. The number of amides is 1. The molecule has 0 radical (unpaired) electrons. The minimum Gasteiger partial charge on any atom is -0.497 e.